The maximum absolute atomic E-state index is 14.5. The van der Waals surface area contributed by atoms with E-state index in [4.69, 9.17) is 4.98 Å². The van der Waals surface area contributed by atoms with Gasteiger partial charge in [-0.2, -0.15) is 20.1 Å². The number of aliphatic hydroxyl groups is 1. The summed E-state index contributed by atoms with van der Waals surface area (Å²) in [5.41, 5.74) is 2.94. The molecule has 10 heteroatoms. The van der Waals surface area contributed by atoms with Gasteiger partial charge in [0.05, 0.1) is 47.0 Å². The Kier molecular flexibility index (Phi) is 5.41. The lowest BCUT2D eigenvalue weighted by Crippen LogP contribution is -2.38. The van der Waals surface area contributed by atoms with Gasteiger partial charge in [0.2, 0.25) is 0 Å². The molecule has 0 radical (unpaired) electrons. The molecule has 0 saturated heterocycles. The predicted molar refractivity (Wildman–Crippen MR) is 131 cm³/mol. The van der Waals surface area contributed by atoms with Crippen molar-refractivity contribution in [3.05, 3.63) is 71.4 Å². The fourth-order valence-electron chi connectivity index (χ4n) is 6.29. The highest BCUT2D eigenvalue weighted by Crippen LogP contribution is 2.69. The largest absolute Gasteiger partial charge is 0.396 e. The Morgan fingerprint density at radius 3 is 2.62 bits per heavy atom. The van der Waals surface area contributed by atoms with Crippen molar-refractivity contribution in [1.29, 1.82) is 0 Å². The van der Waals surface area contributed by atoms with Crippen LogP contribution < -0.4 is 0 Å². The van der Waals surface area contributed by atoms with Crippen LogP contribution in [0.25, 0.3) is 22.6 Å². The van der Waals surface area contributed by atoms with Crippen LogP contribution in [0.5, 0.6) is 0 Å². The van der Waals surface area contributed by atoms with Crippen molar-refractivity contribution in [2.24, 2.45) is 11.3 Å². The zero-order valence-corrected chi connectivity index (χ0v) is 20.9. The van der Waals surface area contributed by atoms with Gasteiger partial charge >= 0.3 is 0 Å². The molecular formula is C27H27F2N7O. The van der Waals surface area contributed by atoms with Gasteiger partial charge in [-0.15, -0.1) is 5.10 Å². The fourth-order valence-corrected chi connectivity index (χ4v) is 6.29. The maximum Gasteiger partial charge on any atom is 0.135 e. The molecule has 2 aliphatic rings. The smallest absolute Gasteiger partial charge is 0.135 e. The maximum atomic E-state index is 14.5. The van der Waals surface area contributed by atoms with E-state index in [1.807, 2.05) is 6.92 Å². The molecule has 2 aliphatic carbocycles. The second-order valence-electron chi connectivity index (χ2n) is 10.7. The van der Waals surface area contributed by atoms with Gasteiger partial charge in [0, 0.05) is 18.7 Å². The Morgan fingerprint density at radius 1 is 1.08 bits per heavy atom. The number of nitrogens with zero attached hydrogens (tertiary/aromatic N) is 7. The number of aliphatic hydroxyl groups excluding tert-OH is 1. The van der Waals surface area contributed by atoms with Crippen molar-refractivity contribution >= 4 is 0 Å². The first kappa shape index (κ1) is 23.7. The Labute approximate surface area is 212 Å². The van der Waals surface area contributed by atoms with E-state index in [9.17, 15) is 13.9 Å². The fraction of sp³-hybridized carbons (Fsp3) is 0.407. The molecule has 3 atom stereocenters. The molecule has 0 amide bonds. The molecule has 0 aliphatic heterocycles. The molecule has 37 heavy (non-hydrogen) atoms. The van der Waals surface area contributed by atoms with E-state index in [0.29, 0.717) is 17.9 Å². The van der Waals surface area contributed by atoms with Gasteiger partial charge in [-0.3, -0.25) is 4.98 Å². The first-order valence-corrected chi connectivity index (χ1v) is 12.4. The molecule has 4 aromatic rings. The van der Waals surface area contributed by atoms with E-state index in [1.54, 1.807) is 29.5 Å². The summed E-state index contributed by atoms with van der Waals surface area (Å²) in [5.74, 6) is -1.15. The van der Waals surface area contributed by atoms with Crippen LogP contribution in [0.4, 0.5) is 8.78 Å². The van der Waals surface area contributed by atoms with E-state index < -0.39 is 17.0 Å². The van der Waals surface area contributed by atoms with Crippen molar-refractivity contribution in [2.45, 2.75) is 51.5 Å². The third kappa shape index (κ3) is 3.42. The van der Waals surface area contributed by atoms with E-state index in [-0.39, 0.29) is 35.1 Å². The molecule has 0 spiro atoms. The van der Waals surface area contributed by atoms with Crippen LogP contribution in [0, 0.1) is 23.0 Å². The Hall–Kier alpha value is -3.66. The van der Waals surface area contributed by atoms with Crippen LogP contribution in [-0.4, -0.2) is 46.9 Å². The molecule has 1 fully saturated rings. The van der Waals surface area contributed by atoms with E-state index >= 15 is 0 Å². The number of benzene rings is 1. The van der Waals surface area contributed by atoms with E-state index in [0.717, 1.165) is 29.8 Å². The lowest BCUT2D eigenvalue weighted by molar-refractivity contribution is 0.214. The molecule has 1 saturated carbocycles. The standard InChI is InChI=1S/C27H27F2N7O/c1-15(14-37)13-36-31-11-22(35-36)21-10-30-12-23(32-21)27-8-7-17(26(27,2)3)16-9-20(33-34-25(16)27)24-18(28)5-4-6-19(24)29/h4-6,9-12,15,17,37H,7-8,13-14H2,1-3H3/t15-,17+,27+/m1/s1. The molecule has 190 valence electrons. The normalized spacial score (nSPS) is 22.3. The third-order valence-corrected chi connectivity index (χ3v) is 8.26. The number of fused-ring (bicyclic) bond motifs is 5. The quantitative estimate of drug-likeness (QED) is 0.418. The summed E-state index contributed by atoms with van der Waals surface area (Å²) < 4.78 is 29.0. The highest BCUT2D eigenvalue weighted by molar-refractivity contribution is 5.64. The summed E-state index contributed by atoms with van der Waals surface area (Å²) in [7, 11) is 0. The SMILES string of the molecule is C[C@@H](CO)Cn1ncc(-c2cncc([C@@]34CC[C@@H](c5cc(-c6c(F)cccc6F)nnc53)C4(C)C)n2)n1. The molecule has 3 heterocycles. The number of hydrogen-bond donors (Lipinski definition) is 1. The van der Waals surface area contributed by atoms with Crippen LogP contribution in [0.1, 0.15) is 56.5 Å². The number of halogens is 2. The van der Waals surface area contributed by atoms with Gasteiger partial charge < -0.3 is 5.11 Å². The molecule has 6 rings (SSSR count). The molecule has 8 nitrogen and oxygen atoms in total. The summed E-state index contributed by atoms with van der Waals surface area (Å²) in [6, 6.07) is 5.59. The average Bonchev–Trinajstić information content (AvgIpc) is 3.51. The molecular weight excluding hydrogens is 476 g/mol. The molecule has 3 aromatic heterocycles. The Balaban J connectivity index is 1.43. The van der Waals surface area contributed by atoms with Crippen LogP contribution in [0.15, 0.2) is 42.9 Å². The van der Waals surface area contributed by atoms with Crippen molar-refractivity contribution in [3.63, 3.8) is 0 Å². The van der Waals surface area contributed by atoms with Crippen LogP contribution in [0.2, 0.25) is 0 Å². The zero-order valence-electron chi connectivity index (χ0n) is 20.9. The average molecular weight is 504 g/mol. The topological polar surface area (TPSA) is 102 Å². The molecule has 1 N–H and O–H groups in total. The first-order valence-electron chi connectivity index (χ1n) is 12.4. The van der Waals surface area contributed by atoms with Gasteiger partial charge in [-0.25, -0.2) is 13.8 Å². The minimum Gasteiger partial charge on any atom is -0.396 e. The van der Waals surface area contributed by atoms with Gasteiger partial charge in [0.1, 0.15) is 23.0 Å². The van der Waals surface area contributed by atoms with E-state index in [2.05, 4.69) is 39.2 Å². The van der Waals surface area contributed by atoms with Gasteiger partial charge in [0.25, 0.3) is 0 Å². The second-order valence-corrected chi connectivity index (χ2v) is 10.7. The highest BCUT2D eigenvalue weighted by atomic mass is 19.1. The van der Waals surface area contributed by atoms with E-state index in [1.165, 1.54) is 18.2 Å². The molecule has 2 bridgehead atoms. The second kappa shape index (κ2) is 8.44. The zero-order chi connectivity index (χ0) is 25.9. The third-order valence-electron chi connectivity index (χ3n) is 8.26. The Morgan fingerprint density at radius 2 is 1.86 bits per heavy atom. The Bertz CT molecular complexity index is 1480. The van der Waals surface area contributed by atoms with Crippen LogP contribution >= 0.6 is 0 Å². The number of hydrogen-bond acceptors (Lipinski definition) is 7. The molecule has 0 unspecified atom stereocenters. The van der Waals surface area contributed by atoms with Gasteiger partial charge in [0.15, 0.2) is 0 Å². The van der Waals surface area contributed by atoms with Crippen molar-refractivity contribution < 1.29 is 13.9 Å². The molecule has 1 aromatic carbocycles. The van der Waals surface area contributed by atoms with Crippen LogP contribution in [-0.2, 0) is 12.0 Å². The van der Waals surface area contributed by atoms with Crippen molar-refractivity contribution in [3.8, 4) is 22.6 Å². The van der Waals surface area contributed by atoms with Gasteiger partial charge in [-0.1, -0.05) is 26.8 Å². The van der Waals surface area contributed by atoms with Crippen molar-refractivity contribution in [1.82, 2.24) is 35.2 Å². The predicted octanol–water partition coefficient (Wildman–Crippen LogP) is 4.30. The summed E-state index contributed by atoms with van der Waals surface area (Å²) in [6.45, 7) is 6.85. The lowest BCUT2D eigenvalue weighted by atomic mass is 9.66. The minimum atomic E-state index is -0.661. The summed E-state index contributed by atoms with van der Waals surface area (Å²) >= 11 is 0. The van der Waals surface area contributed by atoms with Gasteiger partial charge in [-0.05, 0) is 47.9 Å². The first-order chi connectivity index (χ1) is 17.8. The number of aromatic nitrogens is 7. The van der Waals surface area contributed by atoms with Crippen molar-refractivity contribution in [2.75, 3.05) is 6.61 Å². The minimum absolute atomic E-state index is 0.0315. The van der Waals surface area contributed by atoms with Crippen LogP contribution in [0.3, 0.4) is 0 Å². The monoisotopic (exact) mass is 503 g/mol. The summed E-state index contributed by atoms with van der Waals surface area (Å²) in [6.07, 6.45) is 6.79. The highest BCUT2D eigenvalue weighted by Gasteiger charge is 2.65. The summed E-state index contributed by atoms with van der Waals surface area (Å²) in [4.78, 5) is 11.1. The summed E-state index contributed by atoms with van der Waals surface area (Å²) in [5, 5.41) is 27.1. The number of rotatable bonds is 6. The lowest BCUT2D eigenvalue weighted by Gasteiger charge is -2.37.